The summed E-state index contributed by atoms with van der Waals surface area (Å²) in [6.07, 6.45) is 0. The van der Waals surface area contributed by atoms with Crippen molar-refractivity contribution in [2.24, 2.45) is 5.73 Å². The van der Waals surface area contributed by atoms with Gasteiger partial charge in [0.05, 0.1) is 33.1 Å². The molecule has 0 bridgehead atoms. The van der Waals surface area contributed by atoms with E-state index in [1.807, 2.05) is 11.0 Å². The summed E-state index contributed by atoms with van der Waals surface area (Å²) in [7, 11) is 2.94. The lowest BCUT2D eigenvalue weighted by Crippen LogP contribution is -2.51. The first-order valence-corrected chi connectivity index (χ1v) is 6.89. The maximum atomic E-state index is 11.9. The number of nitrogens with two attached hydrogens (primary N) is 1. The van der Waals surface area contributed by atoms with E-state index in [9.17, 15) is 4.79 Å². The molecule has 6 nitrogen and oxygen atoms in total. The number of hydrogen-bond acceptors (Lipinski definition) is 6. The van der Waals surface area contributed by atoms with Crippen LogP contribution in [0.4, 0.5) is 5.69 Å². The third-order valence-electron chi connectivity index (χ3n) is 3.38. The fourth-order valence-electron chi connectivity index (χ4n) is 2.31. The van der Waals surface area contributed by atoms with E-state index in [-0.39, 0.29) is 17.6 Å². The predicted octanol–water partition coefficient (Wildman–Crippen LogP) is 0.708. The Labute approximate surface area is 128 Å². The van der Waals surface area contributed by atoms with Crippen molar-refractivity contribution in [3.8, 4) is 5.75 Å². The van der Waals surface area contributed by atoms with E-state index < -0.39 is 6.04 Å². The number of methoxy groups -OCH3 is 2. The molecule has 2 N–H and O–H groups in total. The van der Waals surface area contributed by atoms with E-state index in [2.05, 4.69) is 0 Å². The largest absolute Gasteiger partial charge is 0.497 e. The van der Waals surface area contributed by atoms with Crippen molar-refractivity contribution in [1.29, 1.82) is 0 Å². The average molecular weight is 310 g/mol. The minimum atomic E-state index is -0.524. The predicted molar refractivity (Wildman–Crippen MR) is 82.9 cm³/mol. The molecule has 1 saturated heterocycles. The van der Waals surface area contributed by atoms with Gasteiger partial charge in [-0.2, -0.15) is 0 Å². The molecule has 21 heavy (non-hydrogen) atoms. The number of rotatable bonds is 4. The molecule has 2 rings (SSSR count). The van der Waals surface area contributed by atoms with Crippen LogP contribution in [0.3, 0.4) is 0 Å². The second kappa shape index (κ2) is 6.73. The molecule has 0 radical (unpaired) electrons. The van der Waals surface area contributed by atoms with Crippen LogP contribution >= 0.6 is 12.2 Å². The van der Waals surface area contributed by atoms with E-state index in [4.69, 9.17) is 32.2 Å². The van der Waals surface area contributed by atoms with Crippen LogP contribution in [0.1, 0.15) is 5.56 Å². The highest BCUT2D eigenvalue weighted by Gasteiger charge is 2.32. The SMILES string of the molecule is COC(=O)C1COCCN1c1cc(OC)ccc1C(N)=S. The van der Waals surface area contributed by atoms with Gasteiger partial charge >= 0.3 is 5.97 Å². The van der Waals surface area contributed by atoms with E-state index in [1.165, 1.54) is 7.11 Å². The van der Waals surface area contributed by atoms with Crippen LogP contribution in [0.5, 0.6) is 5.75 Å². The molecular formula is C14H18N2O4S. The summed E-state index contributed by atoms with van der Waals surface area (Å²) in [6, 6.07) is 4.87. The second-order valence-electron chi connectivity index (χ2n) is 4.55. The Bertz CT molecular complexity index is 550. The molecule has 114 valence electrons. The van der Waals surface area contributed by atoms with Gasteiger partial charge in [0.1, 0.15) is 10.7 Å². The molecule has 0 saturated carbocycles. The Morgan fingerprint density at radius 2 is 2.24 bits per heavy atom. The number of thiocarbonyl (C=S) groups is 1. The smallest absolute Gasteiger partial charge is 0.330 e. The number of carbonyl (C=O) groups excluding carboxylic acids is 1. The van der Waals surface area contributed by atoms with Gasteiger partial charge in [-0.15, -0.1) is 0 Å². The van der Waals surface area contributed by atoms with Gasteiger partial charge in [-0.1, -0.05) is 12.2 Å². The van der Waals surface area contributed by atoms with Crippen LogP contribution in [0.2, 0.25) is 0 Å². The summed E-state index contributed by atoms with van der Waals surface area (Å²) in [5.41, 5.74) is 7.23. The van der Waals surface area contributed by atoms with Crippen molar-refractivity contribution >= 4 is 28.9 Å². The highest BCUT2D eigenvalue weighted by Crippen LogP contribution is 2.29. The first kappa shape index (κ1) is 15.5. The van der Waals surface area contributed by atoms with Gasteiger partial charge in [-0.3, -0.25) is 0 Å². The lowest BCUT2D eigenvalue weighted by molar-refractivity contribution is -0.144. The van der Waals surface area contributed by atoms with Crippen LogP contribution in [0, 0.1) is 0 Å². The third-order valence-corrected chi connectivity index (χ3v) is 3.60. The molecular weight excluding hydrogens is 292 g/mol. The molecule has 1 unspecified atom stereocenters. The maximum absolute atomic E-state index is 11.9. The van der Waals surface area contributed by atoms with Gasteiger partial charge in [0.2, 0.25) is 0 Å². The minimum absolute atomic E-state index is 0.265. The van der Waals surface area contributed by atoms with Gasteiger partial charge < -0.3 is 24.8 Å². The summed E-state index contributed by atoms with van der Waals surface area (Å²) >= 11 is 5.09. The third kappa shape index (κ3) is 3.25. The number of hydrogen-bond donors (Lipinski definition) is 1. The molecule has 1 aliphatic rings. The van der Waals surface area contributed by atoms with E-state index in [0.717, 1.165) is 5.69 Å². The molecule has 0 aliphatic carbocycles. The molecule has 1 aromatic carbocycles. The van der Waals surface area contributed by atoms with Crippen molar-refractivity contribution in [2.75, 3.05) is 38.9 Å². The molecule has 0 spiro atoms. The highest BCUT2D eigenvalue weighted by atomic mass is 32.1. The van der Waals surface area contributed by atoms with Crippen LogP contribution in [-0.4, -0.2) is 51.0 Å². The molecule has 1 fully saturated rings. The lowest BCUT2D eigenvalue weighted by atomic mass is 10.1. The van der Waals surface area contributed by atoms with E-state index >= 15 is 0 Å². The normalized spacial score (nSPS) is 18.2. The van der Waals surface area contributed by atoms with Crippen molar-refractivity contribution in [3.63, 3.8) is 0 Å². The van der Waals surface area contributed by atoms with Gasteiger partial charge in [0.25, 0.3) is 0 Å². The standard InChI is InChI=1S/C14H18N2O4S/c1-18-9-3-4-10(13(15)21)11(7-9)16-5-6-20-8-12(16)14(17)19-2/h3-4,7,12H,5-6,8H2,1-2H3,(H2,15,21). The van der Waals surface area contributed by atoms with Gasteiger partial charge in [-0.05, 0) is 12.1 Å². The van der Waals surface area contributed by atoms with Gasteiger partial charge in [-0.25, -0.2) is 4.79 Å². The van der Waals surface area contributed by atoms with E-state index in [0.29, 0.717) is 24.5 Å². The number of carbonyl (C=O) groups is 1. The number of anilines is 1. The average Bonchev–Trinajstić information content (AvgIpc) is 2.53. The van der Waals surface area contributed by atoms with Crippen LogP contribution < -0.4 is 15.4 Å². The molecule has 1 aromatic rings. The maximum Gasteiger partial charge on any atom is 0.330 e. The monoisotopic (exact) mass is 310 g/mol. The zero-order chi connectivity index (χ0) is 15.4. The molecule has 7 heteroatoms. The Balaban J connectivity index is 2.45. The molecule has 1 aliphatic heterocycles. The molecule has 0 aromatic heterocycles. The zero-order valence-corrected chi connectivity index (χ0v) is 12.8. The molecule has 1 atom stereocenters. The number of ether oxygens (including phenoxy) is 3. The fourth-order valence-corrected chi connectivity index (χ4v) is 2.48. The summed E-state index contributed by atoms with van der Waals surface area (Å²) in [4.78, 5) is 14.1. The van der Waals surface area contributed by atoms with Crippen LogP contribution in [0.25, 0.3) is 0 Å². The number of esters is 1. The van der Waals surface area contributed by atoms with E-state index in [1.54, 1.807) is 19.2 Å². The first-order valence-electron chi connectivity index (χ1n) is 6.48. The Kier molecular flexibility index (Phi) is 4.98. The first-order chi connectivity index (χ1) is 10.1. The van der Waals surface area contributed by atoms with Crippen LogP contribution in [-0.2, 0) is 14.3 Å². The van der Waals surface area contributed by atoms with Crippen LogP contribution in [0.15, 0.2) is 18.2 Å². The number of benzene rings is 1. The highest BCUT2D eigenvalue weighted by molar-refractivity contribution is 7.80. The Morgan fingerprint density at radius 1 is 1.48 bits per heavy atom. The van der Waals surface area contributed by atoms with Crippen molar-refractivity contribution < 1.29 is 19.0 Å². The van der Waals surface area contributed by atoms with Crippen molar-refractivity contribution in [3.05, 3.63) is 23.8 Å². The summed E-state index contributed by atoms with van der Waals surface area (Å²) in [6.45, 7) is 1.32. The zero-order valence-electron chi connectivity index (χ0n) is 12.0. The minimum Gasteiger partial charge on any atom is -0.497 e. The van der Waals surface area contributed by atoms with Crippen molar-refractivity contribution in [1.82, 2.24) is 0 Å². The second-order valence-corrected chi connectivity index (χ2v) is 4.99. The topological polar surface area (TPSA) is 74.0 Å². The van der Waals surface area contributed by atoms with Crippen molar-refractivity contribution in [2.45, 2.75) is 6.04 Å². The van der Waals surface area contributed by atoms with Gasteiger partial charge in [0, 0.05) is 18.2 Å². The number of morpholine rings is 1. The summed E-state index contributed by atoms with van der Waals surface area (Å²) in [5, 5.41) is 0. The van der Waals surface area contributed by atoms with Gasteiger partial charge in [0.15, 0.2) is 6.04 Å². The number of nitrogens with zero attached hydrogens (tertiary/aromatic N) is 1. The quantitative estimate of drug-likeness (QED) is 0.648. The fraction of sp³-hybridized carbons (Fsp3) is 0.429. The Morgan fingerprint density at radius 3 is 2.86 bits per heavy atom. The summed E-state index contributed by atoms with van der Waals surface area (Å²) < 4.78 is 15.5. The molecule has 0 amide bonds. The summed E-state index contributed by atoms with van der Waals surface area (Å²) in [5.74, 6) is 0.312. The Hall–Kier alpha value is -1.86. The lowest BCUT2D eigenvalue weighted by Gasteiger charge is -2.36. The molecule has 1 heterocycles.